The molecule has 174 valence electrons. The predicted molar refractivity (Wildman–Crippen MR) is 133 cm³/mol. The number of nitrogens with zero attached hydrogens (tertiary/aromatic N) is 3. The van der Waals surface area contributed by atoms with Crippen molar-refractivity contribution >= 4 is 17.8 Å². The summed E-state index contributed by atoms with van der Waals surface area (Å²) in [6.45, 7) is 11.8. The van der Waals surface area contributed by atoms with Gasteiger partial charge in [0.15, 0.2) is 0 Å². The van der Waals surface area contributed by atoms with Crippen molar-refractivity contribution < 1.29 is 9.59 Å². The van der Waals surface area contributed by atoms with Crippen LogP contribution < -0.4 is 5.32 Å². The Bertz CT molecular complexity index is 1080. The van der Waals surface area contributed by atoms with Gasteiger partial charge in [-0.3, -0.25) is 19.5 Å². The second-order valence-corrected chi connectivity index (χ2v) is 9.19. The first-order valence-corrected chi connectivity index (χ1v) is 11.5. The van der Waals surface area contributed by atoms with Gasteiger partial charge in [-0.05, 0) is 37.5 Å². The topological polar surface area (TPSA) is 67.2 Å². The molecular formula is C27H34N4O2. The molecule has 3 aromatic rings. The van der Waals surface area contributed by atoms with Crippen molar-refractivity contribution in [1.82, 2.24) is 14.5 Å². The van der Waals surface area contributed by atoms with Crippen molar-refractivity contribution in [2.24, 2.45) is 5.92 Å². The van der Waals surface area contributed by atoms with E-state index in [9.17, 15) is 9.59 Å². The molecular weight excluding hydrogens is 412 g/mol. The van der Waals surface area contributed by atoms with Gasteiger partial charge in [0.05, 0.1) is 5.69 Å². The summed E-state index contributed by atoms with van der Waals surface area (Å²) < 4.78 is 1.88. The molecule has 0 bridgehead atoms. The number of nitrogens with one attached hydrogen (secondary N) is 1. The molecule has 0 atom stereocenters. The number of rotatable bonds is 8. The van der Waals surface area contributed by atoms with E-state index in [0.29, 0.717) is 11.9 Å². The average Bonchev–Trinajstić information content (AvgIpc) is 3.21. The molecule has 6 heteroatoms. The lowest BCUT2D eigenvalue weighted by molar-refractivity contribution is -0.139. The monoisotopic (exact) mass is 446 g/mol. The molecule has 1 N–H and O–H groups in total. The molecule has 3 rings (SSSR count). The minimum absolute atomic E-state index is 0.0193. The molecule has 1 heterocycles. The Morgan fingerprint density at radius 3 is 2.12 bits per heavy atom. The lowest BCUT2D eigenvalue weighted by Gasteiger charge is -2.27. The fourth-order valence-corrected chi connectivity index (χ4v) is 3.60. The molecule has 33 heavy (non-hydrogen) atoms. The van der Waals surface area contributed by atoms with E-state index in [0.717, 1.165) is 16.9 Å². The van der Waals surface area contributed by atoms with Crippen LogP contribution in [0.2, 0.25) is 0 Å². The Hall–Kier alpha value is -3.41. The van der Waals surface area contributed by atoms with Gasteiger partial charge in [-0.2, -0.15) is 0 Å². The van der Waals surface area contributed by atoms with Gasteiger partial charge in [0, 0.05) is 29.4 Å². The predicted octanol–water partition coefficient (Wildman–Crippen LogP) is 5.49. The van der Waals surface area contributed by atoms with Crippen LogP contribution in [0, 0.1) is 5.92 Å². The lowest BCUT2D eigenvalue weighted by atomic mass is 10.0. The Balaban J connectivity index is 1.93. The highest BCUT2D eigenvalue weighted by atomic mass is 16.2. The van der Waals surface area contributed by atoms with Crippen molar-refractivity contribution in [2.75, 3.05) is 11.9 Å². The van der Waals surface area contributed by atoms with E-state index >= 15 is 0 Å². The highest BCUT2D eigenvalue weighted by Gasteiger charge is 2.23. The van der Waals surface area contributed by atoms with Crippen LogP contribution in [-0.2, 0) is 9.59 Å². The largest absolute Gasteiger partial charge is 0.331 e. The van der Waals surface area contributed by atoms with Crippen molar-refractivity contribution in [3.63, 3.8) is 0 Å². The number of amides is 2. The van der Waals surface area contributed by atoms with E-state index < -0.39 is 0 Å². The molecule has 0 radical (unpaired) electrons. The molecule has 0 saturated carbocycles. The van der Waals surface area contributed by atoms with Gasteiger partial charge in [0.1, 0.15) is 6.54 Å². The first kappa shape index (κ1) is 24.2. The summed E-state index contributed by atoms with van der Waals surface area (Å²) in [5.41, 5.74) is 3.87. The maximum atomic E-state index is 13.0. The molecule has 0 aliphatic rings. The maximum Gasteiger partial charge on any atom is 0.246 e. The van der Waals surface area contributed by atoms with Gasteiger partial charge in [-0.1, -0.05) is 70.2 Å². The standard InChI is InChI=1S/C27H34N4O2/c1-18(2)21-12-14-23(15-13-21)31-16-24(22-10-8-7-9-11-22)28-27(31)29-25(32)17-30(20(5)6)26(33)19(3)4/h7-16,18-20H,17H2,1-6H3,(H,28,29,32). The summed E-state index contributed by atoms with van der Waals surface area (Å²) in [5, 5.41) is 2.93. The van der Waals surface area contributed by atoms with Crippen molar-refractivity contribution in [3.05, 3.63) is 66.4 Å². The van der Waals surface area contributed by atoms with E-state index in [4.69, 9.17) is 4.98 Å². The van der Waals surface area contributed by atoms with Gasteiger partial charge in [0.2, 0.25) is 17.8 Å². The van der Waals surface area contributed by atoms with Crippen molar-refractivity contribution in [3.8, 4) is 16.9 Å². The highest BCUT2D eigenvalue weighted by molar-refractivity contribution is 5.94. The van der Waals surface area contributed by atoms with E-state index in [1.54, 1.807) is 4.90 Å². The zero-order valence-corrected chi connectivity index (χ0v) is 20.4. The molecule has 0 aliphatic carbocycles. The van der Waals surface area contributed by atoms with E-state index in [2.05, 4.69) is 31.3 Å². The molecule has 0 aliphatic heterocycles. The Morgan fingerprint density at radius 1 is 0.939 bits per heavy atom. The van der Waals surface area contributed by atoms with Gasteiger partial charge < -0.3 is 4.90 Å². The number of benzene rings is 2. The van der Waals surface area contributed by atoms with Crippen LogP contribution in [0.1, 0.15) is 53.0 Å². The SMILES string of the molecule is CC(C)C(=O)N(CC(=O)Nc1nc(-c2ccccc2)cn1-c1ccc(C(C)C)cc1)C(C)C. The molecule has 0 spiro atoms. The minimum Gasteiger partial charge on any atom is -0.331 e. The third kappa shape index (κ3) is 5.89. The lowest BCUT2D eigenvalue weighted by Crippen LogP contribution is -2.44. The number of anilines is 1. The molecule has 2 aromatic carbocycles. The summed E-state index contributed by atoms with van der Waals surface area (Å²) in [6, 6.07) is 18.0. The highest BCUT2D eigenvalue weighted by Crippen LogP contribution is 2.25. The van der Waals surface area contributed by atoms with Crippen LogP contribution in [0.5, 0.6) is 0 Å². The van der Waals surface area contributed by atoms with Crippen molar-refractivity contribution in [2.45, 2.75) is 53.5 Å². The summed E-state index contributed by atoms with van der Waals surface area (Å²) in [5.74, 6) is 0.366. The molecule has 0 saturated heterocycles. The van der Waals surface area contributed by atoms with Crippen LogP contribution in [-0.4, -0.2) is 38.9 Å². The number of imidazole rings is 1. The average molecular weight is 447 g/mol. The Kier molecular flexibility index (Phi) is 7.69. The second-order valence-electron chi connectivity index (χ2n) is 9.19. The Morgan fingerprint density at radius 2 is 1.58 bits per heavy atom. The first-order chi connectivity index (χ1) is 15.7. The number of carbonyl (C=O) groups excluding carboxylic acids is 2. The van der Waals surface area contributed by atoms with Gasteiger partial charge >= 0.3 is 0 Å². The molecule has 6 nitrogen and oxygen atoms in total. The maximum absolute atomic E-state index is 13.0. The van der Waals surface area contributed by atoms with Crippen LogP contribution in [0.4, 0.5) is 5.95 Å². The zero-order valence-electron chi connectivity index (χ0n) is 20.4. The fraction of sp³-hybridized carbons (Fsp3) is 0.370. The van der Waals surface area contributed by atoms with Crippen LogP contribution in [0.25, 0.3) is 16.9 Å². The second kappa shape index (κ2) is 10.5. The van der Waals surface area contributed by atoms with Gasteiger partial charge in [-0.25, -0.2) is 4.98 Å². The van der Waals surface area contributed by atoms with Gasteiger partial charge in [0.25, 0.3) is 0 Å². The molecule has 2 amide bonds. The minimum atomic E-state index is -0.275. The van der Waals surface area contributed by atoms with E-state index in [1.165, 1.54) is 5.56 Å². The molecule has 0 fully saturated rings. The zero-order chi connectivity index (χ0) is 24.1. The van der Waals surface area contributed by atoms with E-state index in [1.807, 2.05) is 80.9 Å². The first-order valence-electron chi connectivity index (χ1n) is 11.5. The summed E-state index contributed by atoms with van der Waals surface area (Å²) in [6.07, 6.45) is 1.93. The third-order valence-corrected chi connectivity index (χ3v) is 5.58. The quantitative estimate of drug-likeness (QED) is 0.497. The summed E-state index contributed by atoms with van der Waals surface area (Å²) in [7, 11) is 0. The normalized spacial score (nSPS) is 11.3. The number of aromatic nitrogens is 2. The molecule has 0 unspecified atom stereocenters. The van der Waals surface area contributed by atoms with Crippen LogP contribution >= 0.6 is 0 Å². The molecule has 1 aromatic heterocycles. The number of carbonyl (C=O) groups is 2. The Labute approximate surface area is 196 Å². The smallest absolute Gasteiger partial charge is 0.246 e. The summed E-state index contributed by atoms with van der Waals surface area (Å²) in [4.78, 5) is 31.8. The van der Waals surface area contributed by atoms with Crippen LogP contribution in [0.3, 0.4) is 0 Å². The number of hydrogen-bond acceptors (Lipinski definition) is 3. The summed E-state index contributed by atoms with van der Waals surface area (Å²) >= 11 is 0. The number of hydrogen-bond donors (Lipinski definition) is 1. The fourth-order valence-electron chi connectivity index (χ4n) is 3.60. The van der Waals surface area contributed by atoms with Gasteiger partial charge in [-0.15, -0.1) is 0 Å². The van der Waals surface area contributed by atoms with Crippen LogP contribution in [0.15, 0.2) is 60.8 Å². The third-order valence-electron chi connectivity index (χ3n) is 5.58. The van der Waals surface area contributed by atoms with Crippen molar-refractivity contribution in [1.29, 1.82) is 0 Å². The van der Waals surface area contributed by atoms with E-state index in [-0.39, 0.29) is 30.3 Å².